The molecule has 9 nitrogen and oxygen atoms in total. The van der Waals surface area contributed by atoms with Gasteiger partial charge in [-0.3, -0.25) is 4.57 Å². The molecule has 3 aromatic rings. The largest absolute Gasteiger partial charge is 0.388 e. The molecule has 2 fully saturated rings. The number of β-amino-alcohol motifs (C(OH)–C–C–N with tert-alkyl or cyclic N) is 1. The molecule has 1 aromatic carbocycles. The second kappa shape index (κ2) is 8.22. The Morgan fingerprint density at radius 3 is 2.58 bits per heavy atom. The first kappa shape index (κ1) is 20.4. The number of hydrogen-bond acceptors (Lipinski definition) is 7. The highest BCUT2D eigenvalue weighted by Crippen LogP contribution is 2.30. The van der Waals surface area contributed by atoms with E-state index in [1.165, 1.54) is 4.57 Å². The molecule has 4 heterocycles. The van der Waals surface area contributed by atoms with E-state index in [-0.39, 0.29) is 11.6 Å². The molecule has 0 unspecified atom stereocenters. The van der Waals surface area contributed by atoms with E-state index in [9.17, 15) is 9.90 Å². The zero-order valence-corrected chi connectivity index (χ0v) is 17.9. The van der Waals surface area contributed by atoms with Crippen molar-refractivity contribution in [2.75, 3.05) is 32.8 Å². The number of aromatic nitrogens is 4. The summed E-state index contributed by atoms with van der Waals surface area (Å²) in [5, 5.41) is 14.9. The van der Waals surface area contributed by atoms with Crippen molar-refractivity contribution >= 4 is 11.0 Å². The van der Waals surface area contributed by atoms with Crippen molar-refractivity contribution in [2.45, 2.75) is 50.7 Å². The number of para-hydroxylation sites is 2. The Kier molecular flexibility index (Phi) is 5.41. The Balaban J connectivity index is 1.31. The van der Waals surface area contributed by atoms with Gasteiger partial charge in [0.2, 0.25) is 5.89 Å². The summed E-state index contributed by atoms with van der Waals surface area (Å²) in [5.74, 6) is 1.04. The molecular formula is C22H29N5O4. The molecule has 0 radical (unpaired) electrons. The predicted octanol–water partition coefficient (Wildman–Crippen LogP) is 1.92. The number of piperidine rings is 1. The fourth-order valence-corrected chi connectivity index (χ4v) is 4.85. The Morgan fingerprint density at radius 1 is 1.16 bits per heavy atom. The van der Waals surface area contributed by atoms with Crippen LogP contribution < -0.4 is 5.69 Å². The van der Waals surface area contributed by atoms with Crippen LogP contribution in [0.2, 0.25) is 0 Å². The van der Waals surface area contributed by atoms with Gasteiger partial charge in [0.25, 0.3) is 5.95 Å². The number of aliphatic hydroxyl groups is 1. The Bertz CT molecular complexity index is 1100. The standard InChI is InChI=1S/C22H29N5O4/c1-2-26-17-5-3-4-6-18(17)27(21(26)28)20-23-19(31-24-20)16-7-11-25(12-8-16)15-22(29)9-13-30-14-10-22/h3-6,16,29H,2,7-15H2,1H3. The van der Waals surface area contributed by atoms with E-state index in [4.69, 9.17) is 9.26 Å². The lowest BCUT2D eigenvalue weighted by Gasteiger charge is -2.39. The zero-order chi connectivity index (χ0) is 21.4. The van der Waals surface area contributed by atoms with Gasteiger partial charge in [0, 0.05) is 45.1 Å². The molecule has 0 atom stereocenters. The molecule has 2 saturated heterocycles. The second-order valence-electron chi connectivity index (χ2n) is 8.67. The van der Waals surface area contributed by atoms with Crippen LogP contribution >= 0.6 is 0 Å². The van der Waals surface area contributed by atoms with Crippen LogP contribution in [0.4, 0.5) is 0 Å². The maximum Gasteiger partial charge on any atom is 0.336 e. The number of benzene rings is 1. The number of hydrogen-bond donors (Lipinski definition) is 1. The molecule has 31 heavy (non-hydrogen) atoms. The van der Waals surface area contributed by atoms with Gasteiger partial charge < -0.3 is 19.3 Å². The van der Waals surface area contributed by atoms with Crippen molar-refractivity contribution in [2.24, 2.45) is 0 Å². The van der Waals surface area contributed by atoms with E-state index in [0.29, 0.717) is 51.0 Å². The topological polar surface area (TPSA) is 98.6 Å². The lowest BCUT2D eigenvalue weighted by Crippen LogP contribution is -2.48. The maximum atomic E-state index is 12.9. The van der Waals surface area contributed by atoms with E-state index in [1.54, 1.807) is 4.57 Å². The molecule has 0 amide bonds. The van der Waals surface area contributed by atoms with Crippen LogP contribution in [0.1, 0.15) is 44.4 Å². The predicted molar refractivity (Wildman–Crippen MR) is 114 cm³/mol. The van der Waals surface area contributed by atoms with Gasteiger partial charge in [0.05, 0.1) is 16.6 Å². The minimum absolute atomic E-state index is 0.157. The van der Waals surface area contributed by atoms with Gasteiger partial charge in [-0.1, -0.05) is 12.1 Å². The molecule has 5 rings (SSSR count). The molecule has 0 bridgehead atoms. The van der Waals surface area contributed by atoms with Crippen LogP contribution in [0.5, 0.6) is 0 Å². The molecule has 2 aromatic heterocycles. The van der Waals surface area contributed by atoms with E-state index < -0.39 is 5.60 Å². The third-order valence-corrected chi connectivity index (χ3v) is 6.66. The Hall–Kier alpha value is -2.49. The average molecular weight is 428 g/mol. The highest BCUT2D eigenvalue weighted by Gasteiger charge is 2.34. The van der Waals surface area contributed by atoms with Gasteiger partial charge in [-0.25, -0.2) is 9.36 Å². The van der Waals surface area contributed by atoms with Crippen molar-refractivity contribution in [3.8, 4) is 5.95 Å². The molecule has 166 valence electrons. The first-order chi connectivity index (χ1) is 15.1. The lowest BCUT2D eigenvalue weighted by atomic mass is 9.91. The van der Waals surface area contributed by atoms with E-state index in [1.807, 2.05) is 31.2 Å². The number of rotatable bonds is 5. The van der Waals surface area contributed by atoms with Gasteiger partial charge in [-0.2, -0.15) is 4.98 Å². The Labute approximate surface area is 180 Å². The molecule has 9 heteroatoms. The number of ether oxygens (including phenoxy) is 1. The summed E-state index contributed by atoms with van der Waals surface area (Å²) in [5.41, 5.74) is 0.842. The number of aryl methyl sites for hydroxylation is 1. The molecule has 0 spiro atoms. The summed E-state index contributed by atoms with van der Waals surface area (Å²) < 4.78 is 14.2. The first-order valence-electron chi connectivity index (χ1n) is 11.1. The third kappa shape index (κ3) is 3.81. The summed E-state index contributed by atoms with van der Waals surface area (Å²) >= 11 is 0. The quantitative estimate of drug-likeness (QED) is 0.664. The Morgan fingerprint density at radius 2 is 1.87 bits per heavy atom. The van der Waals surface area contributed by atoms with Gasteiger partial charge in [0.15, 0.2) is 0 Å². The highest BCUT2D eigenvalue weighted by atomic mass is 16.5. The number of nitrogens with zero attached hydrogens (tertiary/aromatic N) is 5. The summed E-state index contributed by atoms with van der Waals surface area (Å²) in [6.07, 6.45) is 3.17. The average Bonchev–Trinajstić information content (AvgIpc) is 3.36. The lowest BCUT2D eigenvalue weighted by molar-refractivity contribution is -0.0822. The van der Waals surface area contributed by atoms with Crippen LogP contribution in [0.15, 0.2) is 33.6 Å². The van der Waals surface area contributed by atoms with Crippen LogP contribution in [0.25, 0.3) is 17.0 Å². The summed E-state index contributed by atoms with van der Waals surface area (Å²) in [4.78, 5) is 19.9. The smallest absolute Gasteiger partial charge is 0.336 e. The van der Waals surface area contributed by atoms with Crippen molar-refractivity contribution in [3.05, 3.63) is 40.6 Å². The van der Waals surface area contributed by atoms with Gasteiger partial charge in [-0.15, -0.1) is 0 Å². The van der Waals surface area contributed by atoms with Crippen LogP contribution in [-0.4, -0.2) is 67.7 Å². The first-order valence-corrected chi connectivity index (χ1v) is 11.1. The molecular weight excluding hydrogens is 398 g/mol. The third-order valence-electron chi connectivity index (χ3n) is 6.66. The molecule has 1 N–H and O–H groups in total. The summed E-state index contributed by atoms with van der Waals surface area (Å²) in [6.45, 7) is 6.22. The van der Waals surface area contributed by atoms with Crippen molar-refractivity contribution in [1.82, 2.24) is 24.2 Å². The highest BCUT2D eigenvalue weighted by molar-refractivity contribution is 5.77. The van der Waals surface area contributed by atoms with Crippen molar-refractivity contribution < 1.29 is 14.4 Å². The summed E-state index contributed by atoms with van der Waals surface area (Å²) in [6, 6.07) is 7.66. The van der Waals surface area contributed by atoms with Gasteiger partial charge in [-0.05, 0) is 50.1 Å². The van der Waals surface area contributed by atoms with E-state index >= 15 is 0 Å². The zero-order valence-electron chi connectivity index (χ0n) is 17.9. The minimum Gasteiger partial charge on any atom is -0.388 e. The SMILES string of the molecule is CCn1c(=O)n(-c2noc(C3CCN(CC4(O)CCOCC4)CC3)n2)c2ccccc21. The molecule has 2 aliphatic heterocycles. The monoisotopic (exact) mass is 427 g/mol. The summed E-state index contributed by atoms with van der Waals surface area (Å²) in [7, 11) is 0. The van der Waals surface area contributed by atoms with Crippen LogP contribution in [-0.2, 0) is 11.3 Å². The minimum atomic E-state index is -0.641. The maximum absolute atomic E-state index is 12.9. The van der Waals surface area contributed by atoms with Gasteiger partial charge >= 0.3 is 5.69 Å². The number of imidazole rings is 1. The molecule has 0 aliphatic carbocycles. The second-order valence-corrected chi connectivity index (χ2v) is 8.67. The van der Waals surface area contributed by atoms with Gasteiger partial charge in [0.1, 0.15) is 0 Å². The molecule has 2 aliphatic rings. The van der Waals surface area contributed by atoms with Crippen molar-refractivity contribution in [1.29, 1.82) is 0 Å². The number of fused-ring (bicyclic) bond motifs is 1. The number of likely N-dealkylation sites (tertiary alicyclic amines) is 1. The molecule has 0 saturated carbocycles. The van der Waals surface area contributed by atoms with E-state index in [0.717, 1.165) is 37.0 Å². The van der Waals surface area contributed by atoms with Crippen molar-refractivity contribution in [3.63, 3.8) is 0 Å². The normalized spacial score (nSPS) is 20.5. The fraction of sp³-hybridized carbons (Fsp3) is 0.591. The van der Waals surface area contributed by atoms with Crippen LogP contribution in [0.3, 0.4) is 0 Å². The van der Waals surface area contributed by atoms with E-state index in [2.05, 4.69) is 15.0 Å². The van der Waals surface area contributed by atoms with Crippen LogP contribution in [0, 0.1) is 0 Å². The fourth-order valence-electron chi connectivity index (χ4n) is 4.85.